The van der Waals surface area contributed by atoms with E-state index in [0.29, 0.717) is 12.8 Å². The summed E-state index contributed by atoms with van der Waals surface area (Å²) in [4.78, 5) is 0. The molecule has 0 aliphatic carbocycles. The Bertz CT molecular complexity index is 336. The zero-order valence-corrected chi connectivity index (χ0v) is 12.7. The van der Waals surface area contributed by atoms with Crippen LogP contribution in [0, 0.1) is 0 Å². The van der Waals surface area contributed by atoms with E-state index in [1.165, 1.54) is 12.8 Å². The van der Waals surface area contributed by atoms with Gasteiger partial charge in [-0.1, -0.05) is 19.4 Å². The molecule has 0 amide bonds. The van der Waals surface area contributed by atoms with Crippen LogP contribution in [0.3, 0.4) is 0 Å². The molecule has 0 saturated heterocycles. The minimum absolute atomic E-state index is 0.313. The number of quaternary nitrogens is 1. The lowest BCUT2D eigenvalue weighted by Gasteiger charge is -2.31. The van der Waals surface area contributed by atoms with Gasteiger partial charge in [-0.25, -0.2) is 0 Å². The highest BCUT2D eigenvalue weighted by atomic mass is 32.2. The standard InChI is InChI=1S/C13H27NO3S/c1-5-7-8-11-14(3,4)12-10-13(9-6-2)18(15,16)17/h6,13H,2,5,7-12H2,1,3-4H3/p+1. The maximum atomic E-state index is 11.2. The van der Waals surface area contributed by atoms with E-state index in [9.17, 15) is 8.42 Å². The second kappa shape index (κ2) is 7.92. The maximum Gasteiger partial charge on any atom is 0.268 e. The number of unbranched alkanes of at least 4 members (excludes halogenated alkanes) is 2. The third-order valence-corrected chi connectivity index (χ3v) is 4.54. The van der Waals surface area contributed by atoms with Crippen LogP contribution in [0.4, 0.5) is 0 Å². The predicted molar refractivity (Wildman–Crippen MR) is 76.1 cm³/mol. The van der Waals surface area contributed by atoms with E-state index >= 15 is 0 Å². The molecule has 0 heterocycles. The Balaban J connectivity index is 4.28. The SMILES string of the molecule is C=CCC(CC[N+](C)(C)CCCCC)S(=O)(=O)O. The Morgan fingerprint density at radius 1 is 1.28 bits per heavy atom. The van der Waals surface area contributed by atoms with Gasteiger partial charge >= 0.3 is 0 Å². The predicted octanol–water partition coefficient (Wildman–Crippen LogP) is 2.48. The average Bonchev–Trinajstić information content (AvgIpc) is 2.22. The lowest BCUT2D eigenvalue weighted by atomic mass is 10.2. The monoisotopic (exact) mass is 278 g/mol. The van der Waals surface area contributed by atoms with E-state index in [-0.39, 0.29) is 0 Å². The maximum absolute atomic E-state index is 11.2. The van der Waals surface area contributed by atoms with Gasteiger partial charge in [-0.05, 0) is 19.3 Å². The van der Waals surface area contributed by atoms with Gasteiger partial charge in [-0.3, -0.25) is 4.55 Å². The van der Waals surface area contributed by atoms with E-state index < -0.39 is 15.4 Å². The van der Waals surface area contributed by atoms with Crippen molar-refractivity contribution in [2.24, 2.45) is 0 Å². The minimum atomic E-state index is -3.96. The molecule has 0 aromatic carbocycles. The molecule has 4 nitrogen and oxygen atoms in total. The van der Waals surface area contributed by atoms with Gasteiger partial charge in [-0.2, -0.15) is 8.42 Å². The Morgan fingerprint density at radius 2 is 1.89 bits per heavy atom. The Kier molecular flexibility index (Phi) is 7.75. The van der Waals surface area contributed by atoms with Crippen molar-refractivity contribution in [3.8, 4) is 0 Å². The molecule has 18 heavy (non-hydrogen) atoms. The molecule has 0 fully saturated rings. The summed E-state index contributed by atoms with van der Waals surface area (Å²) in [7, 11) is 0.248. The lowest BCUT2D eigenvalue weighted by molar-refractivity contribution is -0.890. The van der Waals surface area contributed by atoms with Crippen molar-refractivity contribution in [1.29, 1.82) is 0 Å². The second-order valence-electron chi connectivity index (χ2n) is 5.54. The highest BCUT2D eigenvalue weighted by molar-refractivity contribution is 7.86. The summed E-state index contributed by atoms with van der Waals surface area (Å²) in [6.07, 6.45) is 5.88. The van der Waals surface area contributed by atoms with Crippen molar-refractivity contribution >= 4 is 10.1 Å². The Morgan fingerprint density at radius 3 is 2.33 bits per heavy atom. The van der Waals surface area contributed by atoms with E-state index in [2.05, 4.69) is 27.6 Å². The fourth-order valence-corrected chi connectivity index (χ4v) is 2.75. The second-order valence-corrected chi connectivity index (χ2v) is 7.24. The molecule has 0 aromatic rings. The quantitative estimate of drug-likeness (QED) is 0.289. The van der Waals surface area contributed by atoms with Crippen molar-refractivity contribution in [3.05, 3.63) is 12.7 Å². The largest absolute Gasteiger partial charge is 0.328 e. The van der Waals surface area contributed by atoms with Gasteiger partial charge in [-0.15, -0.1) is 6.58 Å². The summed E-state index contributed by atoms with van der Waals surface area (Å²) in [6, 6.07) is 0. The molecular formula is C13H28NO3S+. The molecule has 108 valence electrons. The molecule has 1 N–H and O–H groups in total. The zero-order chi connectivity index (χ0) is 14.2. The first-order valence-corrected chi connectivity index (χ1v) is 8.12. The van der Waals surface area contributed by atoms with Gasteiger partial charge < -0.3 is 4.48 Å². The number of hydrogen-bond donors (Lipinski definition) is 1. The molecular weight excluding hydrogens is 250 g/mol. The smallest absolute Gasteiger partial charge is 0.268 e. The van der Waals surface area contributed by atoms with Crippen LogP contribution in [0.25, 0.3) is 0 Å². The van der Waals surface area contributed by atoms with Gasteiger partial charge in [0.2, 0.25) is 0 Å². The van der Waals surface area contributed by atoms with E-state index in [4.69, 9.17) is 4.55 Å². The van der Waals surface area contributed by atoms with Crippen LogP contribution in [0.1, 0.15) is 39.0 Å². The minimum Gasteiger partial charge on any atom is -0.328 e. The molecule has 0 spiro atoms. The van der Waals surface area contributed by atoms with Crippen LogP contribution in [-0.2, 0) is 10.1 Å². The van der Waals surface area contributed by atoms with E-state index in [1.807, 2.05) is 0 Å². The third kappa shape index (κ3) is 7.84. The molecule has 1 unspecified atom stereocenters. The molecule has 0 aliphatic heterocycles. The van der Waals surface area contributed by atoms with Crippen LogP contribution < -0.4 is 0 Å². The summed E-state index contributed by atoms with van der Waals surface area (Å²) < 4.78 is 32.3. The molecule has 1 atom stereocenters. The van der Waals surface area contributed by atoms with Gasteiger partial charge in [0.15, 0.2) is 0 Å². The number of allylic oxidation sites excluding steroid dienone is 1. The normalized spacial score (nSPS) is 14.4. The first-order chi connectivity index (χ1) is 8.23. The highest BCUT2D eigenvalue weighted by Crippen LogP contribution is 2.13. The summed E-state index contributed by atoms with van der Waals surface area (Å²) in [6.45, 7) is 7.50. The molecule has 0 radical (unpaired) electrons. The molecule has 0 saturated carbocycles. The van der Waals surface area contributed by atoms with Crippen molar-refractivity contribution < 1.29 is 17.5 Å². The lowest BCUT2D eigenvalue weighted by Crippen LogP contribution is -2.43. The summed E-state index contributed by atoms with van der Waals surface area (Å²) >= 11 is 0. The van der Waals surface area contributed by atoms with Gasteiger partial charge in [0.25, 0.3) is 10.1 Å². The third-order valence-electron chi connectivity index (χ3n) is 3.27. The Labute approximate surface area is 112 Å². The van der Waals surface area contributed by atoms with Crippen LogP contribution in [0.5, 0.6) is 0 Å². The van der Waals surface area contributed by atoms with Crippen LogP contribution in [0.15, 0.2) is 12.7 Å². The first kappa shape index (κ1) is 17.6. The molecule has 0 bridgehead atoms. The van der Waals surface area contributed by atoms with E-state index in [0.717, 1.165) is 24.0 Å². The zero-order valence-electron chi connectivity index (χ0n) is 11.9. The van der Waals surface area contributed by atoms with Gasteiger partial charge in [0.1, 0.15) is 0 Å². The van der Waals surface area contributed by atoms with Crippen LogP contribution in [0.2, 0.25) is 0 Å². The van der Waals surface area contributed by atoms with Crippen molar-refractivity contribution in [3.63, 3.8) is 0 Å². The molecule has 5 heteroatoms. The van der Waals surface area contributed by atoms with Crippen molar-refractivity contribution in [2.75, 3.05) is 27.2 Å². The average molecular weight is 278 g/mol. The summed E-state index contributed by atoms with van der Waals surface area (Å²) in [5, 5.41) is -0.710. The fraction of sp³-hybridized carbons (Fsp3) is 0.846. The summed E-state index contributed by atoms with van der Waals surface area (Å²) in [5.74, 6) is 0. The number of nitrogens with zero attached hydrogens (tertiary/aromatic N) is 1. The topological polar surface area (TPSA) is 54.4 Å². The van der Waals surface area contributed by atoms with E-state index in [1.54, 1.807) is 6.08 Å². The summed E-state index contributed by atoms with van der Waals surface area (Å²) in [5.41, 5.74) is 0. The fourth-order valence-electron chi connectivity index (χ4n) is 1.97. The highest BCUT2D eigenvalue weighted by Gasteiger charge is 2.25. The molecule has 0 aliphatic rings. The van der Waals surface area contributed by atoms with Gasteiger partial charge in [0.05, 0.1) is 32.4 Å². The first-order valence-electron chi connectivity index (χ1n) is 6.62. The van der Waals surface area contributed by atoms with Gasteiger partial charge in [0, 0.05) is 6.42 Å². The number of rotatable bonds is 10. The van der Waals surface area contributed by atoms with Crippen LogP contribution in [-0.4, -0.2) is 49.9 Å². The van der Waals surface area contributed by atoms with Crippen LogP contribution >= 0.6 is 0 Å². The van der Waals surface area contributed by atoms with Crippen molar-refractivity contribution in [2.45, 2.75) is 44.3 Å². The van der Waals surface area contributed by atoms with Crippen molar-refractivity contribution in [1.82, 2.24) is 0 Å². The number of hydrogen-bond acceptors (Lipinski definition) is 2. The molecule has 0 rings (SSSR count). The molecule has 0 aromatic heterocycles. The Hall–Kier alpha value is -0.390.